The molecule has 0 unspecified atom stereocenters. The van der Waals surface area contributed by atoms with Crippen LogP contribution in [-0.2, 0) is 6.42 Å². The van der Waals surface area contributed by atoms with E-state index in [1.807, 2.05) is 24.3 Å². The summed E-state index contributed by atoms with van der Waals surface area (Å²) in [6, 6.07) is 15.7. The quantitative estimate of drug-likeness (QED) is 0.616. The van der Waals surface area contributed by atoms with Crippen molar-refractivity contribution in [3.05, 3.63) is 89.2 Å². The molecule has 0 aliphatic carbocycles. The van der Waals surface area contributed by atoms with E-state index in [1.165, 1.54) is 30.9 Å². The summed E-state index contributed by atoms with van der Waals surface area (Å²) in [5, 5.41) is 5.52. The first kappa shape index (κ1) is 19.9. The van der Waals surface area contributed by atoms with Crippen molar-refractivity contribution in [2.75, 3.05) is 10.6 Å². The number of aryl methyl sites for hydroxylation is 1. The van der Waals surface area contributed by atoms with Crippen LogP contribution < -0.4 is 10.6 Å². The second kappa shape index (κ2) is 8.93. The molecule has 1 heterocycles. The van der Waals surface area contributed by atoms with Gasteiger partial charge in [0.15, 0.2) is 5.78 Å². The molecule has 2 N–H and O–H groups in total. The van der Waals surface area contributed by atoms with Crippen molar-refractivity contribution in [2.24, 2.45) is 0 Å². The number of rotatable bonds is 6. The largest absolute Gasteiger partial charge is 0.322 e. The molecule has 0 aliphatic heterocycles. The third kappa shape index (κ3) is 5.13. The summed E-state index contributed by atoms with van der Waals surface area (Å²) in [5.74, 6) is -0.858. The van der Waals surface area contributed by atoms with Crippen molar-refractivity contribution < 1.29 is 14.4 Å². The van der Waals surface area contributed by atoms with Crippen molar-refractivity contribution in [1.29, 1.82) is 0 Å². The Morgan fingerprint density at radius 1 is 0.793 bits per heavy atom. The number of pyridine rings is 1. The molecule has 0 bridgehead atoms. The maximum atomic E-state index is 12.5. The Bertz CT molecular complexity index is 1060. The molecule has 0 radical (unpaired) electrons. The lowest BCUT2D eigenvalue weighted by atomic mass is 10.1. The summed E-state index contributed by atoms with van der Waals surface area (Å²) in [6.45, 7) is 3.52. The minimum atomic E-state index is -0.417. The van der Waals surface area contributed by atoms with Gasteiger partial charge in [-0.15, -0.1) is 0 Å². The molecule has 0 atom stereocenters. The highest BCUT2D eigenvalue weighted by atomic mass is 16.2. The summed E-state index contributed by atoms with van der Waals surface area (Å²) in [4.78, 5) is 40.5. The predicted octanol–water partition coefficient (Wildman–Crippen LogP) is 4.35. The minimum absolute atomic E-state index is 0.0894. The lowest BCUT2D eigenvalue weighted by molar-refractivity contribution is 0.100. The Morgan fingerprint density at radius 2 is 1.41 bits per heavy atom. The third-order valence-electron chi connectivity index (χ3n) is 4.41. The van der Waals surface area contributed by atoms with Gasteiger partial charge >= 0.3 is 0 Å². The molecule has 6 heteroatoms. The molecule has 2 aromatic carbocycles. The van der Waals surface area contributed by atoms with Gasteiger partial charge in [0, 0.05) is 29.3 Å². The number of nitrogens with zero attached hydrogens (tertiary/aromatic N) is 1. The molecular formula is C23H21N3O3. The van der Waals surface area contributed by atoms with Gasteiger partial charge in [-0.3, -0.25) is 19.4 Å². The van der Waals surface area contributed by atoms with Gasteiger partial charge in [-0.1, -0.05) is 31.2 Å². The fourth-order valence-electron chi connectivity index (χ4n) is 2.73. The number of anilines is 2. The topological polar surface area (TPSA) is 88.2 Å². The number of Topliss-reactive ketones (excluding diaryl/α,β-unsaturated/α-hetero) is 1. The summed E-state index contributed by atoms with van der Waals surface area (Å²) in [6.07, 6.45) is 3.71. The van der Waals surface area contributed by atoms with E-state index in [1.54, 1.807) is 24.3 Å². The number of nitrogens with one attached hydrogen (secondary N) is 2. The monoisotopic (exact) mass is 387 g/mol. The normalized spacial score (nSPS) is 10.3. The number of carbonyl (C=O) groups is 3. The number of carbonyl (C=O) groups excluding carboxylic acids is 3. The van der Waals surface area contributed by atoms with E-state index in [0.29, 0.717) is 16.9 Å². The van der Waals surface area contributed by atoms with Crippen molar-refractivity contribution in [2.45, 2.75) is 20.3 Å². The van der Waals surface area contributed by atoms with Gasteiger partial charge in [0.1, 0.15) is 0 Å². The van der Waals surface area contributed by atoms with E-state index in [0.717, 1.165) is 6.42 Å². The Labute approximate surface area is 169 Å². The first-order chi connectivity index (χ1) is 14.0. The molecule has 146 valence electrons. The van der Waals surface area contributed by atoms with Crippen LogP contribution in [0.2, 0.25) is 0 Å². The first-order valence-corrected chi connectivity index (χ1v) is 9.24. The zero-order valence-corrected chi connectivity index (χ0v) is 16.2. The Morgan fingerprint density at radius 3 is 2.00 bits per heavy atom. The molecule has 29 heavy (non-hydrogen) atoms. The van der Waals surface area contributed by atoms with Crippen molar-refractivity contribution in [3.8, 4) is 0 Å². The number of aromatic nitrogens is 1. The van der Waals surface area contributed by atoms with Crippen molar-refractivity contribution >= 4 is 29.0 Å². The van der Waals surface area contributed by atoms with Crippen LogP contribution in [0.4, 0.5) is 11.4 Å². The SMILES string of the molecule is CCc1ccc(NC(=O)c2cncc(C(=O)Nc3cccc(C(C)=O)c3)c2)cc1. The van der Waals surface area contributed by atoms with Gasteiger partial charge in [-0.25, -0.2) is 0 Å². The van der Waals surface area contributed by atoms with Crippen LogP contribution in [0.1, 0.15) is 50.5 Å². The van der Waals surface area contributed by atoms with Crippen LogP contribution in [0.25, 0.3) is 0 Å². The summed E-state index contributed by atoms with van der Waals surface area (Å²) in [7, 11) is 0. The predicted molar refractivity (Wildman–Crippen MR) is 112 cm³/mol. The van der Waals surface area contributed by atoms with Gasteiger partial charge in [-0.05, 0) is 49.2 Å². The molecular weight excluding hydrogens is 366 g/mol. The van der Waals surface area contributed by atoms with Crippen LogP contribution in [0.3, 0.4) is 0 Å². The van der Waals surface area contributed by atoms with Crippen molar-refractivity contribution in [3.63, 3.8) is 0 Å². The van der Waals surface area contributed by atoms with Crippen molar-refractivity contribution in [1.82, 2.24) is 4.98 Å². The molecule has 3 rings (SSSR count). The Hall–Kier alpha value is -3.80. The van der Waals surface area contributed by atoms with Crippen LogP contribution >= 0.6 is 0 Å². The molecule has 1 aromatic heterocycles. The zero-order chi connectivity index (χ0) is 20.8. The number of hydrogen-bond donors (Lipinski definition) is 2. The number of ketones is 1. The highest BCUT2D eigenvalue weighted by Gasteiger charge is 2.12. The molecule has 0 fully saturated rings. The van der Waals surface area contributed by atoms with E-state index in [4.69, 9.17) is 0 Å². The summed E-state index contributed by atoms with van der Waals surface area (Å²) in [5.41, 5.74) is 3.36. The van der Waals surface area contributed by atoms with E-state index in [2.05, 4.69) is 22.5 Å². The van der Waals surface area contributed by atoms with Gasteiger partial charge in [0.25, 0.3) is 11.8 Å². The van der Waals surface area contributed by atoms with Gasteiger partial charge < -0.3 is 10.6 Å². The molecule has 0 saturated heterocycles. The van der Waals surface area contributed by atoms with Crippen LogP contribution in [0.15, 0.2) is 67.0 Å². The summed E-state index contributed by atoms with van der Waals surface area (Å²) < 4.78 is 0. The molecule has 3 aromatic rings. The molecule has 2 amide bonds. The lowest BCUT2D eigenvalue weighted by Crippen LogP contribution is -2.16. The van der Waals surface area contributed by atoms with E-state index in [-0.39, 0.29) is 22.8 Å². The van der Waals surface area contributed by atoms with Gasteiger partial charge in [0.05, 0.1) is 11.1 Å². The van der Waals surface area contributed by atoms with Gasteiger partial charge in [0.2, 0.25) is 0 Å². The maximum absolute atomic E-state index is 12.5. The van der Waals surface area contributed by atoms with Crippen LogP contribution in [0, 0.1) is 0 Å². The first-order valence-electron chi connectivity index (χ1n) is 9.24. The molecule has 0 aliphatic rings. The van der Waals surface area contributed by atoms with E-state index in [9.17, 15) is 14.4 Å². The van der Waals surface area contributed by atoms with Crippen LogP contribution in [-0.4, -0.2) is 22.6 Å². The molecule has 6 nitrogen and oxygen atoms in total. The highest BCUT2D eigenvalue weighted by molar-refractivity contribution is 6.08. The second-order valence-corrected chi connectivity index (χ2v) is 6.56. The zero-order valence-electron chi connectivity index (χ0n) is 16.2. The fourth-order valence-corrected chi connectivity index (χ4v) is 2.73. The summed E-state index contributed by atoms with van der Waals surface area (Å²) >= 11 is 0. The minimum Gasteiger partial charge on any atom is -0.322 e. The number of amides is 2. The number of benzene rings is 2. The van der Waals surface area contributed by atoms with E-state index >= 15 is 0 Å². The van der Waals surface area contributed by atoms with Crippen LogP contribution in [0.5, 0.6) is 0 Å². The highest BCUT2D eigenvalue weighted by Crippen LogP contribution is 2.15. The molecule has 0 saturated carbocycles. The average Bonchev–Trinajstić information content (AvgIpc) is 2.74. The lowest BCUT2D eigenvalue weighted by Gasteiger charge is -2.09. The Kier molecular flexibility index (Phi) is 6.14. The molecule has 0 spiro atoms. The fraction of sp³-hybridized carbons (Fsp3) is 0.130. The number of hydrogen-bond acceptors (Lipinski definition) is 4. The second-order valence-electron chi connectivity index (χ2n) is 6.56. The smallest absolute Gasteiger partial charge is 0.257 e. The van der Waals surface area contributed by atoms with Gasteiger partial charge in [-0.2, -0.15) is 0 Å². The Balaban J connectivity index is 1.72. The average molecular weight is 387 g/mol. The third-order valence-corrected chi connectivity index (χ3v) is 4.41. The standard InChI is InChI=1S/C23H21N3O3/c1-3-16-7-9-20(10-8-16)25-22(28)18-11-19(14-24-13-18)23(29)26-21-6-4-5-17(12-21)15(2)27/h4-14H,3H2,1-2H3,(H,25,28)(H,26,29). The van der Waals surface area contributed by atoms with E-state index < -0.39 is 5.91 Å². The maximum Gasteiger partial charge on any atom is 0.257 e.